The SMILES string of the molecule is COC(=O)c1cccc(CS[C@@H](C)C(=O)Nc2ccccc2)c1. The lowest BCUT2D eigenvalue weighted by Crippen LogP contribution is -2.22. The third kappa shape index (κ3) is 5.14. The number of nitrogens with one attached hydrogen (secondary N) is 1. The van der Waals surface area contributed by atoms with Gasteiger partial charge in [0.25, 0.3) is 0 Å². The minimum Gasteiger partial charge on any atom is -0.465 e. The lowest BCUT2D eigenvalue weighted by molar-refractivity contribution is -0.115. The fraction of sp³-hybridized carbons (Fsp3) is 0.222. The number of hydrogen-bond donors (Lipinski definition) is 1. The zero-order valence-electron chi connectivity index (χ0n) is 13.1. The molecule has 0 saturated carbocycles. The maximum Gasteiger partial charge on any atom is 0.337 e. The van der Waals surface area contributed by atoms with E-state index < -0.39 is 0 Å². The largest absolute Gasteiger partial charge is 0.465 e. The van der Waals surface area contributed by atoms with Gasteiger partial charge in [0.2, 0.25) is 5.91 Å². The van der Waals surface area contributed by atoms with Crippen LogP contribution in [0.15, 0.2) is 54.6 Å². The van der Waals surface area contributed by atoms with Crippen LogP contribution in [0.3, 0.4) is 0 Å². The van der Waals surface area contributed by atoms with Gasteiger partial charge in [0.05, 0.1) is 17.9 Å². The molecule has 23 heavy (non-hydrogen) atoms. The predicted octanol–water partition coefficient (Wildman–Crippen LogP) is 3.73. The van der Waals surface area contributed by atoms with Gasteiger partial charge in [-0.15, -0.1) is 11.8 Å². The molecule has 0 aromatic heterocycles. The average molecular weight is 329 g/mol. The fourth-order valence-electron chi connectivity index (χ4n) is 1.97. The number of carbonyl (C=O) groups is 2. The van der Waals surface area contributed by atoms with E-state index in [1.165, 1.54) is 18.9 Å². The third-order valence-corrected chi connectivity index (χ3v) is 4.47. The van der Waals surface area contributed by atoms with Crippen molar-refractivity contribution in [2.24, 2.45) is 0 Å². The highest BCUT2D eigenvalue weighted by Crippen LogP contribution is 2.20. The van der Waals surface area contributed by atoms with Crippen molar-refractivity contribution < 1.29 is 14.3 Å². The molecule has 0 fully saturated rings. The van der Waals surface area contributed by atoms with Crippen LogP contribution in [0, 0.1) is 0 Å². The molecular weight excluding hydrogens is 310 g/mol. The first-order valence-corrected chi connectivity index (χ1v) is 8.30. The van der Waals surface area contributed by atoms with Crippen molar-refractivity contribution in [3.05, 3.63) is 65.7 Å². The van der Waals surface area contributed by atoms with Crippen LogP contribution in [0.1, 0.15) is 22.8 Å². The van der Waals surface area contributed by atoms with Crippen LogP contribution in [0.2, 0.25) is 0 Å². The first-order valence-electron chi connectivity index (χ1n) is 7.25. The summed E-state index contributed by atoms with van der Waals surface area (Å²) in [5.41, 5.74) is 2.29. The molecule has 0 radical (unpaired) electrons. The Morgan fingerprint density at radius 3 is 2.57 bits per heavy atom. The third-order valence-electron chi connectivity index (χ3n) is 3.26. The first kappa shape index (κ1) is 17.1. The van der Waals surface area contributed by atoms with Crippen LogP contribution in [0.4, 0.5) is 5.69 Å². The maximum absolute atomic E-state index is 12.1. The Kier molecular flexibility index (Phi) is 6.23. The number of thioether (sulfide) groups is 1. The average Bonchev–Trinajstić information content (AvgIpc) is 2.60. The van der Waals surface area contributed by atoms with E-state index >= 15 is 0 Å². The first-order chi connectivity index (χ1) is 11.1. The van der Waals surface area contributed by atoms with Crippen LogP contribution in [-0.2, 0) is 15.3 Å². The van der Waals surface area contributed by atoms with Gasteiger partial charge in [-0.05, 0) is 36.8 Å². The number of esters is 1. The number of ether oxygens (including phenoxy) is 1. The topological polar surface area (TPSA) is 55.4 Å². The molecule has 0 aliphatic carbocycles. The van der Waals surface area contributed by atoms with E-state index in [0.717, 1.165) is 11.3 Å². The highest BCUT2D eigenvalue weighted by atomic mass is 32.2. The van der Waals surface area contributed by atoms with Crippen LogP contribution < -0.4 is 5.32 Å². The quantitative estimate of drug-likeness (QED) is 0.820. The number of anilines is 1. The van der Waals surface area contributed by atoms with Gasteiger partial charge in [-0.1, -0.05) is 30.3 Å². The Labute approximate surface area is 140 Å². The Hall–Kier alpha value is -2.27. The zero-order valence-corrected chi connectivity index (χ0v) is 13.9. The van der Waals surface area contributed by atoms with Crippen molar-refractivity contribution in [2.45, 2.75) is 17.9 Å². The summed E-state index contributed by atoms with van der Waals surface area (Å²) >= 11 is 1.52. The summed E-state index contributed by atoms with van der Waals surface area (Å²) in [4.78, 5) is 23.7. The number of methoxy groups -OCH3 is 1. The molecule has 0 unspecified atom stereocenters. The highest BCUT2D eigenvalue weighted by Gasteiger charge is 2.14. The van der Waals surface area contributed by atoms with E-state index in [1.54, 1.807) is 12.1 Å². The molecule has 1 N–H and O–H groups in total. The van der Waals surface area contributed by atoms with Crippen molar-refractivity contribution in [2.75, 3.05) is 12.4 Å². The molecule has 0 heterocycles. The molecule has 4 nitrogen and oxygen atoms in total. The summed E-state index contributed by atoms with van der Waals surface area (Å²) in [5, 5.41) is 2.69. The van der Waals surface area contributed by atoms with E-state index in [2.05, 4.69) is 5.32 Å². The second kappa shape index (κ2) is 8.39. The minimum absolute atomic E-state index is 0.0367. The normalized spacial score (nSPS) is 11.6. The summed E-state index contributed by atoms with van der Waals surface area (Å²) in [6.45, 7) is 1.87. The second-order valence-corrected chi connectivity index (χ2v) is 6.33. The summed E-state index contributed by atoms with van der Waals surface area (Å²) in [6.07, 6.45) is 0. The van der Waals surface area contributed by atoms with Crippen LogP contribution in [0.25, 0.3) is 0 Å². The summed E-state index contributed by atoms with van der Waals surface area (Å²) in [7, 11) is 1.36. The van der Waals surface area contributed by atoms with Crippen LogP contribution in [0.5, 0.6) is 0 Å². The Bertz CT molecular complexity index is 673. The molecule has 2 aromatic carbocycles. The van der Waals surface area contributed by atoms with Gasteiger partial charge in [-0.2, -0.15) is 0 Å². The smallest absolute Gasteiger partial charge is 0.337 e. The van der Waals surface area contributed by atoms with Gasteiger partial charge in [0.15, 0.2) is 0 Å². The molecule has 0 bridgehead atoms. The van der Waals surface area contributed by atoms with Crippen molar-refractivity contribution in [1.29, 1.82) is 0 Å². The molecule has 120 valence electrons. The van der Waals surface area contributed by atoms with Gasteiger partial charge in [0.1, 0.15) is 0 Å². The number of benzene rings is 2. The van der Waals surface area contributed by atoms with E-state index in [1.807, 2.05) is 49.4 Å². The Morgan fingerprint density at radius 1 is 1.13 bits per heavy atom. The number of rotatable bonds is 6. The van der Waals surface area contributed by atoms with Crippen molar-refractivity contribution in [3.63, 3.8) is 0 Å². The minimum atomic E-state index is -0.355. The molecule has 1 amide bonds. The number of amides is 1. The molecule has 0 saturated heterocycles. The monoisotopic (exact) mass is 329 g/mol. The number of para-hydroxylation sites is 1. The summed E-state index contributed by atoms with van der Waals surface area (Å²) < 4.78 is 4.71. The van der Waals surface area contributed by atoms with E-state index in [-0.39, 0.29) is 17.1 Å². The lowest BCUT2D eigenvalue weighted by Gasteiger charge is -2.12. The predicted molar refractivity (Wildman–Crippen MR) is 93.6 cm³/mol. The van der Waals surface area contributed by atoms with Gasteiger partial charge in [-0.3, -0.25) is 4.79 Å². The zero-order chi connectivity index (χ0) is 16.7. The van der Waals surface area contributed by atoms with E-state index in [4.69, 9.17) is 4.74 Å². The number of hydrogen-bond acceptors (Lipinski definition) is 4. The molecule has 2 aromatic rings. The molecule has 0 aliphatic heterocycles. The Balaban J connectivity index is 1.90. The van der Waals surface area contributed by atoms with E-state index in [0.29, 0.717) is 11.3 Å². The lowest BCUT2D eigenvalue weighted by atomic mass is 10.1. The Morgan fingerprint density at radius 2 is 1.87 bits per heavy atom. The second-order valence-electron chi connectivity index (χ2n) is 5.00. The van der Waals surface area contributed by atoms with Crippen molar-refractivity contribution in [1.82, 2.24) is 0 Å². The van der Waals surface area contributed by atoms with Crippen LogP contribution in [-0.4, -0.2) is 24.2 Å². The summed E-state index contributed by atoms with van der Waals surface area (Å²) in [6, 6.07) is 16.6. The van der Waals surface area contributed by atoms with Crippen molar-refractivity contribution in [3.8, 4) is 0 Å². The molecule has 1 atom stereocenters. The van der Waals surface area contributed by atoms with Crippen LogP contribution >= 0.6 is 11.8 Å². The van der Waals surface area contributed by atoms with Gasteiger partial charge < -0.3 is 10.1 Å². The van der Waals surface area contributed by atoms with Gasteiger partial charge in [0, 0.05) is 11.4 Å². The summed E-state index contributed by atoms with van der Waals surface area (Å²) in [5.74, 6) is 0.255. The molecule has 5 heteroatoms. The standard InChI is InChI=1S/C18H19NO3S/c1-13(17(20)19-16-9-4-3-5-10-16)23-12-14-7-6-8-15(11-14)18(21)22-2/h3-11,13H,12H2,1-2H3,(H,19,20)/t13-/m0/s1. The molecule has 0 spiro atoms. The molecule has 2 rings (SSSR count). The van der Waals surface area contributed by atoms with Gasteiger partial charge >= 0.3 is 5.97 Å². The highest BCUT2D eigenvalue weighted by molar-refractivity contribution is 7.99. The van der Waals surface area contributed by atoms with Gasteiger partial charge in [-0.25, -0.2) is 4.79 Å². The maximum atomic E-state index is 12.1. The molecular formula is C18H19NO3S. The van der Waals surface area contributed by atoms with E-state index in [9.17, 15) is 9.59 Å². The van der Waals surface area contributed by atoms with Crippen molar-refractivity contribution >= 4 is 29.3 Å². The fourth-order valence-corrected chi connectivity index (χ4v) is 2.80. The molecule has 0 aliphatic rings. The number of carbonyl (C=O) groups excluding carboxylic acids is 2.